The topological polar surface area (TPSA) is 70.2 Å². The molecule has 2 aromatic rings. The lowest BCUT2D eigenvalue weighted by Crippen LogP contribution is -2.07. The second kappa shape index (κ2) is 5.75. The molecule has 6 heteroatoms. The van der Waals surface area contributed by atoms with Crippen LogP contribution in [0.1, 0.15) is 0 Å². The Morgan fingerprint density at radius 3 is 2.78 bits per heavy atom. The smallest absolute Gasteiger partial charge is 0.190 e. The van der Waals surface area contributed by atoms with Crippen molar-refractivity contribution in [2.24, 2.45) is 0 Å². The SMILES string of the molecule is COCCNc1n[nH]c(-c2ccc(Cl)cc2)c1O. The summed E-state index contributed by atoms with van der Waals surface area (Å²) < 4.78 is 4.91. The summed E-state index contributed by atoms with van der Waals surface area (Å²) in [7, 11) is 1.62. The number of rotatable bonds is 5. The fraction of sp³-hybridized carbons (Fsp3) is 0.250. The quantitative estimate of drug-likeness (QED) is 0.728. The minimum atomic E-state index is 0.0911. The molecule has 0 amide bonds. The number of nitrogens with one attached hydrogen (secondary N) is 2. The van der Waals surface area contributed by atoms with Gasteiger partial charge in [0.1, 0.15) is 5.69 Å². The number of methoxy groups -OCH3 is 1. The maximum absolute atomic E-state index is 10.0. The van der Waals surface area contributed by atoms with Gasteiger partial charge in [-0.1, -0.05) is 23.7 Å². The second-order valence-electron chi connectivity index (χ2n) is 3.72. The predicted octanol–water partition coefficient (Wildman–Crippen LogP) is 2.49. The summed E-state index contributed by atoms with van der Waals surface area (Å²) in [5.41, 5.74) is 1.38. The van der Waals surface area contributed by atoms with Gasteiger partial charge in [0.05, 0.1) is 6.61 Å². The lowest BCUT2D eigenvalue weighted by atomic mass is 10.1. The Bertz CT molecular complexity index is 511. The Morgan fingerprint density at radius 1 is 1.39 bits per heavy atom. The molecule has 0 spiro atoms. The first-order valence-corrected chi connectivity index (χ1v) is 5.86. The summed E-state index contributed by atoms with van der Waals surface area (Å²) in [5, 5.41) is 20.4. The number of aromatic nitrogens is 2. The highest BCUT2D eigenvalue weighted by Crippen LogP contribution is 2.33. The minimum Gasteiger partial charge on any atom is -0.503 e. The lowest BCUT2D eigenvalue weighted by Gasteiger charge is -2.02. The Morgan fingerprint density at radius 2 is 2.11 bits per heavy atom. The maximum Gasteiger partial charge on any atom is 0.190 e. The van der Waals surface area contributed by atoms with Gasteiger partial charge in [0.25, 0.3) is 0 Å². The normalized spacial score (nSPS) is 10.6. The van der Waals surface area contributed by atoms with E-state index in [0.717, 1.165) is 5.56 Å². The number of H-pyrrole nitrogens is 1. The highest BCUT2D eigenvalue weighted by Gasteiger charge is 2.13. The van der Waals surface area contributed by atoms with Crippen molar-refractivity contribution in [2.45, 2.75) is 0 Å². The molecule has 1 aromatic heterocycles. The molecule has 0 saturated heterocycles. The van der Waals surface area contributed by atoms with E-state index in [4.69, 9.17) is 16.3 Å². The van der Waals surface area contributed by atoms with Crippen LogP contribution in [0, 0.1) is 0 Å². The van der Waals surface area contributed by atoms with Gasteiger partial charge in [0, 0.05) is 24.2 Å². The average molecular weight is 268 g/mol. The van der Waals surface area contributed by atoms with Crippen molar-refractivity contribution in [3.63, 3.8) is 0 Å². The molecule has 0 unspecified atom stereocenters. The fourth-order valence-corrected chi connectivity index (χ4v) is 1.67. The maximum atomic E-state index is 10.0. The van der Waals surface area contributed by atoms with Gasteiger partial charge in [-0.05, 0) is 12.1 Å². The van der Waals surface area contributed by atoms with E-state index in [1.54, 1.807) is 19.2 Å². The number of benzene rings is 1. The fourth-order valence-electron chi connectivity index (χ4n) is 1.55. The van der Waals surface area contributed by atoms with Crippen LogP contribution >= 0.6 is 11.6 Å². The monoisotopic (exact) mass is 267 g/mol. The molecule has 0 atom stereocenters. The zero-order valence-electron chi connectivity index (χ0n) is 9.90. The van der Waals surface area contributed by atoms with Gasteiger partial charge in [-0.3, -0.25) is 5.10 Å². The van der Waals surface area contributed by atoms with Crippen LogP contribution in [0.5, 0.6) is 5.75 Å². The summed E-state index contributed by atoms with van der Waals surface area (Å²) in [6.07, 6.45) is 0. The van der Waals surface area contributed by atoms with Crippen LogP contribution < -0.4 is 5.32 Å². The van der Waals surface area contributed by atoms with Crippen molar-refractivity contribution in [2.75, 3.05) is 25.6 Å². The molecule has 3 N–H and O–H groups in total. The standard InChI is InChI=1S/C12H14ClN3O2/c1-18-7-6-14-12-11(17)10(15-16-12)8-2-4-9(13)5-3-8/h2-5,17H,6-7H2,1H3,(H2,14,15,16). The molecule has 0 saturated carbocycles. The third-order valence-corrected chi connectivity index (χ3v) is 2.72. The zero-order valence-corrected chi connectivity index (χ0v) is 10.7. The molecule has 0 aliphatic carbocycles. The molecule has 1 heterocycles. The number of aromatic hydroxyl groups is 1. The molecular weight excluding hydrogens is 254 g/mol. The van der Waals surface area contributed by atoms with E-state index in [1.165, 1.54) is 0 Å². The Kier molecular flexibility index (Phi) is 4.07. The van der Waals surface area contributed by atoms with Gasteiger partial charge in [-0.25, -0.2) is 0 Å². The highest BCUT2D eigenvalue weighted by atomic mass is 35.5. The van der Waals surface area contributed by atoms with Gasteiger partial charge in [-0.2, -0.15) is 5.10 Å². The molecule has 0 aliphatic heterocycles. The van der Waals surface area contributed by atoms with E-state index in [1.807, 2.05) is 12.1 Å². The number of anilines is 1. The van der Waals surface area contributed by atoms with Gasteiger partial charge in [0.15, 0.2) is 11.6 Å². The number of hydrogen-bond acceptors (Lipinski definition) is 4. The molecular formula is C12H14ClN3O2. The van der Waals surface area contributed by atoms with Crippen molar-refractivity contribution in [3.8, 4) is 17.0 Å². The van der Waals surface area contributed by atoms with Gasteiger partial charge in [0.2, 0.25) is 0 Å². The molecule has 96 valence electrons. The van der Waals surface area contributed by atoms with Crippen molar-refractivity contribution in [1.82, 2.24) is 10.2 Å². The van der Waals surface area contributed by atoms with Crippen LogP contribution in [0.15, 0.2) is 24.3 Å². The molecule has 0 aliphatic rings. The van der Waals surface area contributed by atoms with Crippen molar-refractivity contribution >= 4 is 17.4 Å². The van der Waals surface area contributed by atoms with Crippen LogP contribution in [0.25, 0.3) is 11.3 Å². The van der Waals surface area contributed by atoms with Gasteiger partial charge in [-0.15, -0.1) is 0 Å². The number of nitrogens with zero attached hydrogens (tertiary/aromatic N) is 1. The molecule has 0 bridgehead atoms. The minimum absolute atomic E-state index is 0.0911. The van der Waals surface area contributed by atoms with Crippen LogP contribution in [-0.2, 0) is 4.74 Å². The Hall–Kier alpha value is -1.72. The van der Waals surface area contributed by atoms with Crippen LogP contribution in [-0.4, -0.2) is 35.6 Å². The van der Waals surface area contributed by atoms with Gasteiger partial charge < -0.3 is 15.2 Å². The van der Waals surface area contributed by atoms with E-state index in [2.05, 4.69) is 15.5 Å². The molecule has 18 heavy (non-hydrogen) atoms. The third-order valence-electron chi connectivity index (χ3n) is 2.47. The summed E-state index contributed by atoms with van der Waals surface area (Å²) in [5.74, 6) is 0.505. The van der Waals surface area contributed by atoms with E-state index < -0.39 is 0 Å². The van der Waals surface area contributed by atoms with E-state index >= 15 is 0 Å². The Labute approximate surface area is 110 Å². The number of ether oxygens (including phenoxy) is 1. The number of halogens is 1. The Balaban J connectivity index is 2.17. The zero-order chi connectivity index (χ0) is 13.0. The summed E-state index contributed by atoms with van der Waals surface area (Å²) in [6.45, 7) is 1.12. The second-order valence-corrected chi connectivity index (χ2v) is 4.16. The molecule has 0 fully saturated rings. The first kappa shape index (κ1) is 12.7. The summed E-state index contributed by atoms with van der Waals surface area (Å²) in [6, 6.07) is 7.15. The van der Waals surface area contributed by atoms with Crippen LogP contribution in [0.3, 0.4) is 0 Å². The highest BCUT2D eigenvalue weighted by molar-refractivity contribution is 6.30. The third kappa shape index (κ3) is 2.75. The first-order chi connectivity index (χ1) is 8.72. The number of aromatic amines is 1. The van der Waals surface area contributed by atoms with Gasteiger partial charge >= 0.3 is 0 Å². The predicted molar refractivity (Wildman–Crippen MR) is 71.1 cm³/mol. The molecule has 1 aromatic carbocycles. The summed E-state index contributed by atoms with van der Waals surface area (Å²) in [4.78, 5) is 0. The average Bonchev–Trinajstić information content (AvgIpc) is 2.73. The largest absolute Gasteiger partial charge is 0.503 e. The number of hydrogen-bond donors (Lipinski definition) is 3. The van der Waals surface area contributed by atoms with Crippen molar-refractivity contribution in [3.05, 3.63) is 29.3 Å². The summed E-state index contributed by atoms with van der Waals surface area (Å²) >= 11 is 5.81. The van der Waals surface area contributed by atoms with Crippen molar-refractivity contribution < 1.29 is 9.84 Å². The van der Waals surface area contributed by atoms with E-state index in [9.17, 15) is 5.11 Å². The first-order valence-electron chi connectivity index (χ1n) is 5.48. The van der Waals surface area contributed by atoms with E-state index in [0.29, 0.717) is 29.7 Å². The molecule has 2 rings (SSSR count). The van der Waals surface area contributed by atoms with E-state index in [-0.39, 0.29) is 5.75 Å². The van der Waals surface area contributed by atoms with Crippen LogP contribution in [0.4, 0.5) is 5.82 Å². The molecule has 0 radical (unpaired) electrons. The lowest BCUT2D eigenvalue weighted by molar-refractivity contribution is 0.210. The van der Waals surface area contributed by atoms with Crippen molar-refractivity contribution in [1.29, 1.82) is 0 Å². The van der Waals surface area contributed by atoms with Crippen LogP contribution in [0.2, 0.25) is 5.02 Å². The molecule has 5 nitrogen and oxygen atoms in total.